The molecule has 0 spiro atoms. The van der Waals surface area contributed by atoms with E-state index in [1.807, 2.05) is 19.1 Å². The summed E-state index contributed by atoms with van der Waals surface area (Å²) in [5.74, 6) is -0.183. The summed E-state index contributed by atoms with van der Waals surface area (Å²) in [6.07, 6.45) is 1.21. The molecule has 0 aliphatic carbocycles. The van der Waals surface area contributed by atoms with E-state index in [0.29, 0.717) is 5.56 Å². The predicted molar refractivity (Wildman–Crippen MR) is 99.7 cm³/mol. The lowest BCUT2D eigenvalue weighted by molar-refractivity contribution is 0.514. The van der Waals surface area contributed by atoms with Gasteiger partial charge >= 0.3 is 5.63 Å². The summed E-state index contributed by atoms with van der Waals surface area (Å²) in [6.45, 7) is 3.47. The number of rotatable bonds is 4. The summed E-state index contributed by atoms with van der Waals surface area (Å²) in [5, 5.41) is 10.2. The first-order chi connectivity index (χ1) is 12.3. The van der Waals surface area contributed by atoms with Gasteiger partial charge in [0.05, 0.1) is 10.6 Å². The van der Waals surface area contributed by atoms with Crippen LogP contribution in [0.4, 0.5) is 0 Å². The predicted octanol–water partition coefficient (Wildman–Crippen LogP) is 3.35. The highest BCUT2D eigenvalue weighted by atomic mass is 32.2. The minimum Gasteiger partial charge on any atom is -0.507 e. The van der Waals surface area contributed by atoms with Crippen LogP contribution in [-0.2, 0) is 9.84 Å². The first kappa shape index (κ1) is 17.9. The van der Waals surface area contributed by atoms with E-state index >= 15 is 0 Å². The van der Waals surface area contributed by atoms with E-state index in [1.54, 1.807) is 19.1 Å². The summed E-state index contributed by atoms with van der Waals surface area (Å²) in [6, 6.07) is 11.2. The number of hydrogen-bond donors (Lipinski definition) is 1. The van der Waals surface area contributed by atoms with Crippen molar-refractivity contribution in [2.75, 3.05) is 5.75 Å². The number of sulfone groups is 1. The smallest absolute Gasteiger partial charge is 0.362 e. The summed E-state index contributed by atoms with van der Waals surface area (Å²) in [7, 11) is -3.41. The average molecular weight is 371 g/mol. The highest BCUT2D eigenvalue weighted by Gasteiger charge is 2.14. The van der Waals surface area contributed by atoms with Crippen molar-refractivity contribution >= 4 is 32.8 Å². The van der Waals surface area contributed by atoms with Gasteiger partial charge in [-0.15, -0.1) is 0 Å². The molecule has 7 heteroatoms. The summed E-state index contributed by atoms with van der Waals surface area (Å²) < 4.78 is 29.2. The Morgan fingerprint density at radius 1 is 1.19 bits per heavy atom. The lowest BCUT2D eigenvalue weighted by atomic mass is 10.1. The molecule has 1 aromatic heterocycles. The molecule has 0 aliphatic heterocycles. The van der Waals surface area contributed by atoms with E-state index in [1.165, 1.54) is 24.3 Å². The van der Waals surface area contributed by atoms with Gasteiger partial charge in [-0.1, -0.05) is 36.8 Å². The molecule has 3 aromatic rings. The number of fused-ring (bicyclic) bond motifs is 1. The first-order valence-electron chi connectivity index (χ1n) is 7.95. The minimum absolute atomic E-state index is 0.0454. The molecule has 0 amide bonds. The fraction of sp³-hybridized carbons (Fsp3) is 0.158. The number of aromatic nitrogens is 1. The molecule has 0 bridgehead atoms. The molecule has 1 heterocycles. The Balaban J connectivity index is 2.11. The first-order valence-corrected chi connectivity index (χ1v) is 9.61. The molecule has 0 unspecified atom stereocenters. The molecule has 0 saturated carbocycles. The van der Waals surface area contributed by atoms with E-state index in [9.17, 15) is 18.3 Å². The number of aliphatic hydroxyl groups excluding tert-OH is 1. The second-order valence-electron chi connectivity index (χ2n) is 5.82. The number of aliphatic hydroxyl groups is 1. The zero-order chi connectivity index (χ0) is 18.9. The highest BCUT2D eigenvalue weighted by molar-refractivity contribution is 7.91. The van der Waals surface area contributed by atoms with Gasteiger partial charge in [-0.25, -0.2) is 18.2 Å². The SMILES string of the molecule is CCS(=O)(=O)c1ccc2oc(=O)c(/C=C(\O)c3ccc(C)cc3)nc2c1. The Morgan fingerprint density at radius 2 is 1.88 bits per heavy atom. The molecule has 0 saturated heterocycles. The molecular weight excluding hydrogens is 354 g/mol. The highest BCUT2D eigenvalue weighted by Crippen LogP contribution is 2.19. The standard InChI is InChI=1S/C19H17NO5S/c1-3-26(23,24)14-8-9-18-15(10-14)20-16(19(22)25-18)11-17(21)13-6-4-12(2)5-7-13/h4-11,21H,3H2,1-2H3/b17-11-. The Kier molecular flexibility index (Phi) is 4.65. The van der Waals surface area contributed by atoms with E-state index in [-0.39, 0.29) is 33.2 Å². The third-order valence-corrected chi connectivity index (χ3v) is 5.68. The van der Waals surface area contributed by atoms with Gasteiger partial charge in [-0.05, 0) is 25.1 Å². The molecule has 0 radical (unpaired) electrons. The van der Waals surface area contributed by atoms with Crippen LogP contribution < -0.4 is 5.63 Å². The number of benzene rings is 2. The normalized spacial score (nSPS) is 12.5. The van der Waals surface area contributed by atoms with Crippen LogP contribution in [0.2, 0.25) is 0 Å². The fourth-order valence-corrected chi connectivity index (χ4v) is 3.29. The molecular formula is C19H17NO5S. The number of nitrogens with zero attached hydrogens (tertiary/aromatic N) is 1. The molecule has 0 atom stereocenters. The third-order valence-electron chi connectivity index (χ3n) is 3.94. The summed E-state index contributed by atoms with van der Waals surface area (Å²) in [4.78, 5) is 16.4. The van der Waals surface area contributed by atoms with Crippen molar-refractivity contribution in [1.82, 2.24) is 4.98 Å². The van der Waals surface area contributed by atoms with E-state index in [0.717, 1.165) is 5.56 Å². The molecule has 26 heavy (non-hydrogen) atoms. The van der Waals surface area contributed by atoms with Gasteiger partial charge < -0.3 is 9.52 Å². The topological polar surface area (TPSA) is 97.5 Å². The zero-order valence-corrected chi connectivity index (χ0v) is 15.1. The van der Waals surface area contributed by atoms with Gasteiger partial charge in [0.1, 0.15) is 11.3 Å². The van der Waals surface area contributed by atoms with E-state index < -0.39 is 15.5 Å². The number of aryl methyl sites for hydroxylation is 1. The third kappa shape index (κ3) is 3.52. The van der Waals surface area contributed by atoms with Crippen LogP contribution in [0.15, 0.2) is 56.6 Å². The van der Waals surface area contributed by atoms with Gasteiger partial charge in [-0.2, -0.15) is 0 Å². The van der Waals surface area contributed by atoms with Crippen molar-refractivity contribution < 1.29 is 17.9 Å². The fourth-order valence-electron chi connectivity index (χ4n) is 2.39. The van der Waals surface area contributed by atoms with Crippen molar-refractivity contribution in [1.29, 1.82) is 0 Å². The Labute approximate surface area is 150 Å². The second-order valence-corrected chi connectivity index (χ2v) is 8.09. The molecule has 3 rings (SSSR count). The summed E-state index contributed by atoms with van der Waals surface area (Å²) in [5.41, 5.74) is 1.14. The lowest BCUT2D eigenvalue weighted by Gasteiger charge is -2.04. The minimum atomic E-state index is -3.41. The largest absolute Gasteiger partial charge is 0.507 e. The molecule has 134 valence electrons. The van der Waals surface area contributed by atoms with Crippen molar-refractivity contribution in [3.05, 3.63) is 69.7 Å². The molecule has 0 fully saturated rings. The average Bonchev–Trinajstić information content (AvgIpc) is 2.62. The monoisotopic (exact) mass is 371 g/mol. The molecule has 6 nitrogen and oxygen atoms in total. The van der Waals surface area contributed by atoms with Crippen molar-refractivity contribution in [2.24, 2.45) is 0 Å². The molecule has 1 N–H and O–H groups in total. The van der Waals surface area contributed by atoms with Crippen molar-refractivity contribution in [3.63, 3.8) is 0 Å². The Hall–Kier alpha value is -2.93. The van der Waals surface area contributed by atoms with Gasteiger partial charge in [-0.3, -0.25) is 0 Å². The van der Waals surface area contributed by atoms with E-state index in [4.69, 9.17) is 4.42 Å². The lowest BCUT2D eigenvalue weighted by Crippen LogP contribution is -2.08. The van der Waals surface area contributed by atoms with E-state index in [2.05, 4.69) is 4.98 Å². The molecule has 0 aliphatic rings. The van der Waals surface area contributed by atoms with Gasteiger partial charge in [0.15, 0.2) is 21.1 Å². The Morgan fingerprint density at radius 3 is 2.54 bits per heavy atom. The van der Waals surface area contributed by atoms with Crippen LogP contribution in [0.3, 0.4) is 0 Å². The van der Waals surface area contributed by atoms with Crippen molar-refractivity contribution in [2.45, 2.75) is 18.7 Å². The van der Waals surface area contributed by atoms with Crippen LogP contribution in [0.25, 0.3) is 22.9 Å². The maximum absolute atomic E-state index is 12.1. The quantitative estimate of drug-likeness (QED) is 0.707. The van der Waals surface area contributed by atoms with Crippen molar-refractivity contribution in [3.8, 4) is 0 Å². The van der Waals surface area contributed by atoms with Crippen LogP contribution in [0.5, 0.6) is 0 Å². The van der Waals surface area contributed by atoms with Gasteiger partial charge in [0, 0.05) is 11.6 Å². The maximum Gasteiger partial charge on any atom is 0.362 e. The van der Waals surface area contributed by atoms with Gasteiger partial charge in [0.2, 0.25) is 0 Å². The summed E-state index contributed by atoms with van der Waals surface area (Å²) >= 11 is 0. The Bertz CT molecular complexity index is 1160. The zero-order valence-electron chi connectivity index (χ0n) is 14.3. The molecule has 2 aromatic carbocycles. The van der Waals surface area contributed by atoms with Crippen LogP contribution >= 0.6 is 0 Å². The second kappa shape index (κ2) is 6.76. The van der Waals surface area contributed by atoms with Crippen LogP contribution in [0.1, 0.15) is 23.7 Å². The maximum atomic E-state index is 12.1. The van der Waals surface area contributed by atoms with Crippen LogP contribution in [0, 0.1) is 6.92 Å². The number of hydrogen-bond acceptors (Lipinski definition) is 6. The van der Waals surface area contributed by atoms with Gasteiger partial charge in [0.25, 0.3) is 0 Å². The van der Waals surface area contributed by atoms with Crippen LogP contribution in [-0.4, -0.2) is 24.3 Å².